The van der Waals surface area contributed by atoms with Gasteiger partial charge in [-0.2, -0.15) is 0 Å². The second-order valence-electron chi connectivity index (χ2n) is 5.61. The van der Waals surface area contributed by atoms with Crippen LogP contribution >= 0.6 is 23.1 Å². The Hall–Kier alpha value is -3.11. The molecule has 0 unspecified atom stereocenters. The quantitative estimate of drug-likeness (QED) is 0.204. The molecule has 3 aromatic rings. The number of nitrogens with zero attached hydrogens (tertiary/aromatic N) is 3. The van der Waals surface area contributed by atoms with E-state index in [2.05, 4.69) is 15.5 Å². The van der Waals surface area contributed by atoms with Crippen LogP contribution in [-0.4, -0.2) is 32.6 Å². The summed E-state index contributed by atoms with van der Waals surface area (Å²) >= 11 is 2.36. The van der Waals surface area contributed by atoms with Crippen molar-refractivity contribution in [3.8, 4) is 0 Å². The van der Waals surface area contributed by atoms with E-state index in [1.165, 1.54) is 36.9 Å². The van der Waals surface area contributed by atoms with Crippen LogP contribution in [0.15, 0.2) is 52.9 Å². The largest absolute Gasteiger partial charge is 0.296 e. The molecule has 0 fully saturated rings. The predicted molar refractivity (Wildman–Crippen MR) is 107 cm³/mol. The highest BCUT2D eigenvalue weighted by Crippen LogP contribution is 2.27. The summed E-state index contributed by atoms with van der Waals surface area (Å²) in [6.45, 7) is 1.52. The smallest absolute Gasteiger partial charge is 0.273 e. The molecule has 0 atom stereocenters. The van der Waals surface area contributed by atoms with E-state index in [1.54, 1.807) is 24.3 Å². The van der Waals surface area contributed by atoms with Crippen LogP contribution in [0.2, 0.25) is 0 Å². The van der Waals surface area contributed by atoms with Gasteiger partial charge in [-0.05, 0) is 13.0 Å². The fourth-order valence-electron chi connectivity index (χ4n) is 2.38. The Morgan fingerprint density at radius 2 is 1.89 bits per heavy atom. The van der Waals surface area contributed by atoms with Crippen molar-refractivity contribution in [3.05, 3.63) is 75.3 Å². The minimum absolute atomic E-state index is 0.0291. The molecule has 1 heterocycles. The zero-order valence-corrected chi connectivity index (χ0v) is 16.3. The summed E-state index contributed by atoms with van der Waals surface area (Å²) in [5, 5.41) is 21.7. The summed E-state index contributed by atoms with van der Waals surface area (Å²) in [5.41, 5.74) is 0.963. The lowest BCUT2D eigenvalue weighted by molar-refractivity contribution is -0.385. The molecule has 0 aliphatic rings. The maximum absolute atomic E-state index is 12.4. The highest BCUT2D eigenvalue weighted by atomic mass is 32.2. The molecule has 0 spiro atoms. The van der Waals surface area contributed by atoms with Crippen molar-refractivity contribution in [3.63, 3.8) is 0 Å². The molecule has 0 saturated carbocycles. The Kier molecular flexibility index (Phi) is 6.12. The van der Waals surface area contributed by atoms with Crippen LogP contribution in [0.25, 0.3) is 0 Å². The van der Waals surface area contributed by atoms with Crippen molar-refractivity contribution in [2.24, 2.45) is 0 Å². The summed E-state index contributed by atoms with van der Waals surface area (Å²) in [6, 6.07) is 13.2. The molecule has 2 aromatic carbocycles. The molecule has 0 radical (unpaired) electrons. The summed E-state index contributed by atoms with van der Waals surface area (Å²) in [6.07, 6.45) is 0. The van der Waals surface area contributed by atoms with Crippen molar-refractivity contribution >= 4 is 45.6 Å². The number of ketones is 1. The number of thioether (sulfide) groups is 1. The maximum Gasteiger partial charge on any atom is 0.273 e. The maximum atomic E-state index is 12.4. The number of carbonyl (C=O) groups excluding carboxylic acids is 2. The van der Waals surface area contributed by atoms with Crippen LogP contribution in [0.1, 0.15) is 26.3 Å². The Bertz CT molecular complexity index is 1040. The third-order valence-corrected chi connectivity index (χ3v) is 5.77. The Labute approximate surface area is 168 Å². The van der Waals surface area contributed by atoms with E-state index >= 15 is 0 Å². The topological polar surface area (TPSA) is 115 Å². The average Bonchev–Trinajstić information content (AvgIpc) is 3.14. The molecular weight excluding hydrogens is 400 g/mol. The van der Waals surface area contributed by atoms with Gasteiger partial charge >= 0.3 is 0 Å². The number of anilines is 1. The van der Waals surface area contributed by atoms with E-state index in [0.29, 0.717) is 9.90 Å². The lowest BCUT2D eigenvalue weighted by atomic mass is 10.1. The van der Waals surface area contributed by atoms with Gasteiger partial charge in [0.1, 0.15) is 0 Å². The van der Waals surface area contributed by atoms with Gasteiger partial charge in [-0.3, -0.25) is 25.0 Å². The predicted octanol–water partition coefficient (Wildman–Crippen LogP) is 3.98. The van der Waals surface area contributed by atoms with E-state index in [1.807, 2.05) is 6.07 Å². The molecule has 0 aliphatic carbocycles. The lowest BCUT2D eigenvalue weighted by Crippen LogP contribution is -2.14. The van der Waals surface area contributed by atoms with Crippen LogP contribution in [0.3, 0.4) is 0 Å². The first-order valence-electron chi connectivity index (χ1n) is 8.05. The minimum atomic E-state index is -0.532. The molecule has 3 rings (SSSR count). The molecular formula is C18H14N4O4S2. The molecule has 0 bridgehead atoms. The first-order chi connectivity index (χ1) is 13.5. The number of benzene rings is 2. The van der Waals surface area contributed by atoms with Crippen molar-refractivity contribution in [2.75, 3.05) is 11.1 Å². The highest BCUT2D eigenvalue weighted by Gasteiger charge is 2.19. The zero-order chi connectivity index (χ0) is 20.1. The number of nitro groups is 1. The molecule has 142 valence electrons. The van der Waals surface area contributed by atoms with Gasteiger partial charge in [-0.25, -0.2) is 0 Å². The number of hydrogen-bond acceptors (Lipinski definition) is 8. The number of rotatable bonds is 7. The summed E-state index contributed by atoms with van der Waals surface area (Å²) in [7, 11) is 0. The normalized spacial score (nSPS) is 10.5. The van der Waals surface area contributed by atoms with E-state index in [4.69, 9.17) is 0 Å². The Morgan fingerprint density at radius 1 is 1.14 bits per heavy atom. The van der Waals surface area contributed by atoms with Crippen molar-refractivity contribution < 1.29 is 14.5 Å². The SMILES string of the molecule is Cc1c(C(=O)Nc2nnc(SCC(=O)c3ccccc3)s2)cccc1[N+](=O)[O-]. The highest BCUT2D eigenvalue weighted by molar-refractivity contribution is 8.01. The van der Waals surface area contributed by atoms with Gasteiger partial charge in [0.05, 0.1) is 10.7 Å². The third-order valence-electron chi connectivity index (χ3n) is 3.80. The van der Waals surface area contributed by atoms with E-state index in [-0.39, 0.29) is 33.5 Å². The van der Waals surface area contributed by atoms with E-state index in [0.717, 1.165) is 11.3 Å². The van der Waals surface area contributed by atoms with Crippen LogP contribution in [0.4, 0.5) is 10.8 Å². The number of nitro benzene ring substituents is 1. The van der Waals surface area contributed by atoms with Gasteiger partial charge in [0.15, 0.2) is 10.1 Å². The second kappa shape index (κ2) is 8.72. The number of hydrogen-bond donors (Lipinski definition) is 1. The molecule has 1 N–H and O–H groups in total. The fourth-order valence-corrected chi connectivity index (χ4v) is 4.03. The molecule has 1 aromatic heterocycles. The molecule has 28 heavy (non-hydrogen) atoms. The van der Waals surface area contributed by atoms with Crippen LogP contribution in [0, 0.1) is 17.0 Å². The van der Waals surface area contributed by atoms with Gasteiger partial charge < -0.3 is 0 Å². The summed E-state index contributed by atoms with van der Waals surface area (Å²) in [5.74, 6) is -0.329. The fraction of sp³-hybridized carbons (Fsp3) is 0.111. The number of amides is 1. The molecule has 0 saturated heterocycles. The van der Waals surface area contributed by atoms with Crippen LogP contribution in [0.5, 0.6) is 0 Å². The lowest BCUT2D eigenvalue weighted by Gasteiger charge is -2.05. The van der Waals surface area contributed by atoms with Crippen LogP contribution < -0.4 is 5.32 Å². The first-order valence-corrected chi connectivity index (χ1v) is 9.86. The molecule has 1 amide bonds. The second-order valence-corrected chi connectivity index (χ2v) is 7.81. The third kappa shape index (κ3) is 4.59. The van der Waals surface area contributed by atoms with Gasteiger partial charge in [-0.15, -0.1) is 10.2 Å². The standard InChI is InChI=1S/C18H14N4O4S2/c1-11-13(8-5-9-14(11)22(25)26)16(24)19-17-20-21-18(28-17)27-10-15(23)12-6-3-2-4-7-12/h2-9H,10H2,1H3,(H,19,20,24). The number of aromatic nitrogens is 2. The minimum Gasteiger partial charge on any atom is -0.296 e. The van der Waals surface area contributed by atoms with Gasteiger partial charge in [0.25, 0.3) is 11.6 Å². The van der Waals surface area contributed by atoms with E-state index < -0.39 is 10.8 Å². The first kappa shape index (κ1) is 19.6. The van der Waals surface area contributed by atoms with Crippen molar-refractivity contribution in [1.29, 1.82) is 0 Å². The summed E-state index contributed by atoms with van der Waals surface area (Å²) < 4.78 is 0.537. The van der Waals surface area contributed by atoms with E-state index in [9.17, 15) is 19.7 Å². The molecule has 8 nitrogen and oxygen atoms in total. The average molecular weight is 414 g/mol. The summed E-state index contributed by atoms with van der Waals surface area (Å²) in [4.78, 5) is 35.0. The molecule has 0 aliphatic heterocycles. The van der Waals surface area contributed by atoms with Crippen molar-refractivity contribution in [2.45, 2.75) is 11.3 Å². The Balaban J connectivity index is 1.63. The van der Waals surface area contributed by atoms with Gasteiger partial charge in [-0.1, -0.05) is 59.5 Å². The monoisotopic (exact) mass is 414 g/mol. The number of carbonyl (C=O) groups is 2. The van der Waals surface area contributed by atoms with Gasteiger partial charge in [0, 0.05) is 22.8 Å². The number of Topliss-reactive ketones (excluding diaryl/α,β-unsaturated/α-hetero) is 1. The van der Waals surface area contributed by atoms with Crippen LogP contribution in [-0.2, 0) is 0 Å². The number of nitrogens with one attached hydrogen (secondary N) is 1. The molecule has 10 heteroatoms. The zero-order valence-electron chi connectivity index (χ0n) is 14.6. The van der Waals surface area contributed by atoms with Gasteiger partial charge in [0.2, 0.25) is 5.13 Å². The van der Waals surface area contributed by atoms with Crippen molar-refractivity contribution in [1.82, 2.24) is 10.2 Å². The Morgan fingerprint density at radius 3 is 2.61 bits per heavy atom.